The average molecular weight is 299 g/mol. The van der Waals surface area contributed by atoms with Gasteiger partial charge in [0.15, 0.2) is 0 Å². The van der Waals surface area contributed by atoms with Crippen molar-refractivity contribution in [3.63, 3.8) is 0 Å². The van der Waals surface area contributed by atoms with E-state index in [0.29, 0.717) is 5.92 Å². The topological polar surface area (TPSA) is 34.0 Å². The Hall–Kier alpha value is -1.07. The van der Waals surface area contributed by atoms with Gasteiger partial charge in [0.25, 0.3) is 0 Å². The molecule has 0 unspecified atom stereocenters. The van der Waals surface area contributed by atoms with Crippen molar-refractivity contribution < 1.29 is 0 Å². The van der Waals surface area contributed by atoms with Crippen molar-refractivity contribution in [2.24, 2.45) is 13.0 Å². The van der Waals surface area contributed by atoms with Crippen LogP contribution in [0.3, 0.4) is 0 Å². The van der Waals surface area contributed by atoms with Crippen LogP contribution in [0.25, 0.3) is 0 Å². The fourth-order valence-electron chi connectivity index (χ4n) is 1.88. The Kier molecular flexibility index (Phi) is 4.47. The van der Waals surface area contributed by atoms with Gasteiger partial charge in [-0.25, -0.2) is 4.98 Å². The first kappa shape index (κ1) is 14.3. The van der Waals surface area contributed by atoms with Crippen LogP contribution in [0.15, 0.2) is 12.3 Å². The highest BCUT2D eigenvalue weighted by molar-refractivity contribution is 7.09. The van der Waals surface area contributed by atoms with Gasteiger partial charge in [0.2, 0.25) is 5.13 Å². The highest BCUT2D eigenvalue weighted by Gasteiger charge is 2.12. The molecule has 0 aliphatic carbocycles. The van der Waals surface area contributed by atoms with Crippen LogP contribution >= 0.6 is 23.1 Å². The SMILES string of the molecule is CC(C)Cc1nsc(N(C)Cc2cc(Cl)cn2C)n1. The normalized spacial score (nSPS) is 11.3. The minimum absolute atomic E-state index is 0.583. The summed E-state index contributed by atoms with van der Waals surface area (Å²) in [5.41, 5.74) is 1.16. The van der Waals surface area contributed by atoms with Crippen molar-refractivity contribution in [2.75, 3.05) is 11.9 Å². The van der Waals surface area contributed by atoms with Crippen LogP contribution < -0.4 is 4.90 Å². The minimum Gasteiger partial charge on any atom is -0.351 e. The molecule has 2 aromatic rings. The zero-order valence-corrected chi connectivity index (χ0v) is 13.3. The Morgan fingerprint density at radius 3 is 2.79 bits per heavy atom. The fraction of sp³-hybridized carbons (Fsp3) is 0.538. The molecule has 0 aliphatic heterocycles. The summed E-state index contributed by atoms with van der Waals surface area (Å²) in [6, 6.07) is 1.98. The predicted octanol–water partition coefficient (Wildman–Crippen LogP) is 3.36. The Labute approximate surface area is 123 Å². The number of nitrogens with zero attached hydrogens (tertiary/aromatic N) is 4. The van der Waals surface area contributed by atoms with Crippen LogP contribution in [0.1, 0.15) is 25.4 Å². The summed E-state index contributed by atoms with van der Waals surface area (Å²) < 4.78 is 6.44. The number of hydrogen-bond acceptors (Lipinski definition) is 4. The molecule has 0 aromatic carbocycles. The van der Waals surface area contributed by atoms with Crippen LogP contribution in [0, 0.1) is 5.92 Å². The molecule has 19 heavy (non-hydrogen) atoms. The van der Waals surface area contributed by atoms with E-state index in [1.807, 2.05) is 30.9 Å². The van der Waals surface area contributed by atoms with E-state index in [9.17, 15) is 0 Å². The predicted molar refractivity (Wildman–Crippen MR) is 81.0 cm³/mol. The summed E-state index contributed by atoms with van der Waals surface area (Å²) in [6.07, 6.45) is 2.84. The first-order valence-electron chi connectivity index (χ1n) is 6.30. The first-order valence-corrected chi connectivity index (χ1v) is 7.45. The smallest absolute Gasteiger partial charge is 0.205 e. The maximum atomic E-state index is 5.99. The van der Waals surface area contributed by atoms with Crippen molar-refractivity contribution in [2.45, 2.75) is 26.8 Å². The Morgan fingerprint density at radius 1 is 1.47 bits per heavy atom. The van der Waals surface area contributed by atoms with Crippen molar-refractivity contribution in [3.8, 4) is 0 Å². The van der Waals surface area contributed by atoms with Crippen molar-refractivity contribution in [1.82, 2.24) is 13.9 Å². The van der Waals surface area contributed by atoms with Gasteiger partial charge in [-0.2, -0.15) is 4.37 Å². The quantitative estimate of drug-likeness (QED) is 0.849. The molecule has 0 N–H and O–H groups in total. The average Bonchev–Trinajstić information content (AvgIpc) is 2.86. The molecule has 2 aromatic heterocycles. The Bertz CT molecular complexity index is 547. The lowest BCUT2D eigenvalue weighted by Gasteiger charge is -2.15. The zero-order valence-electron chi connectivity index (χ0n) is 11.7. The van der Waals surface area contributed by atoms with E-state index < -0.39 is 0 Å². The third-order valence-corrected chi connectivity index (χ3v) is 3.92. The van der Waals surface area contributed by atoms with Crippen LogP contribution in [0.4, 0.5) is 5.13 Å². The molecule has 0 aliphatic rings. The lowest BCUT2D eigenvalue weighted by Crippen LogP contribution is -2.18. The van der Waals surface area contributed by atoms with Crippen molar-refractivity contribution in [3.05, 3.63) is 28.8 Å². The second-order valence-electron chi connectivity index (χ2n) is 5.21. The van der Waals surface area contributed by atoms with E-state index >= 15 is 0 Å². The molecule has 0 saturated heterocycles. The van der Waals surface area contributed by atoms with E-state index in [1.165, 1.54) is 11.5 Å². The van der Waals surface area contributed by atoms with Gasteiger partial charge in [0.05, 0.1) is 11.6 Å². The third kappa shape index (κ3) is 3.70. The number of aromatic nitrogens is 3. The van der Waals surface area contributed by atoms with Gasteiger partial charge in [-0.15, -0.1) is 0 Å². The molecule has 0 bridgehead atoms. The number of hydrogen-bond donors (Lipinski definition) is 0. The molecule has 104 valence electrons. The van der Waals surface area contributed by atoms with Gasteiger partial charge in [-0.1, -0.05) is 25.4 Å². The Balaban J connectivity index is 2.05. The minimum atomic E-state index is 0.583. The summed E-state index contributed by atoms with van der Waals surface area (Å²) >= 11 is 7.45. The molecule has 0 fully saturated rings. The molecular formula is C13H19ClN4S. The van der Waals surface area contributed by atoms with Gasteiger partial charge in [0.1, 0.15) is 5.82 Å². The van der Waals surface area contributed by atoms with Crippen molar-refractivity contribution >= 4 is 28.3 Å². The van der Waals surface area contributed by atoms with Crippen molar-refractivity contribution in [1.29, 1.82) is 0 Å². The molecule has 4 nitrogen and oxygen atoms in total. The van der Waals surface area contributed by atoms with Gasteiger partial charge in [-0.05, 0) is 12.0 Å². The second kappa shape index (κ2) is 5.92. The molecule has 2 rings (SSSR count). The molecule has 2 heterocycles. The van der Waals surface area contributed by atoms with Gasteiger partial charge in [-0.3, -0.25) is 0 Å². The molecule has 6 heteroatoms. The van der Waals surface area contributed by atoms with E-state index in [4.69, 9.17) is 11.6 Å². The zero-order chi connectivity index (χ0) is 14.0. The van der Waals surface area contributed by atoms with Crippen LogP contribution in [0.5, 0.6) is 0 Å². The van der Waals surface area contributed by atoms with E-state index in [1.54, 1.807) is 0 Å². The highest BCUT2D eigenvalue weighted by Crippen LogP contribution is 2.21. The molecular weight excluding hydrogens is 280 g/mol. The maximum Gasteiger partial charge on any atom is 0.205 e. The molecule has 0 saturated carbocycles. The lowest BCUT2D eigenvalue weighted by atomic mass is 10.1. The van der Waals surface area contributed by atoms with Crippen LogP contribution in [-0.4, -0.2) is 21.0 Å². The van der Waals surface area contributed by atoms with E-state index in [0.717, 1.165) is 34.6 Å². The molecule has 0 amide bonds. The summed E-state index contributed by atoms with van der Waals surface area (Å²) in [7, 11) is 4.03. The van der Waals surface area contributed by atoms with Gasteiger partial charge < -0.3 is 9.47 Å². The Morgan fingerprint density at radius 2 is 2.21 bits per heavy atom. The van der Waals surface area contributed by atoms with E-state index in [2.05, 4.69) is 28.1 Å². The summed E-state index contributed by atoms with van der Waals surface area (Å²) in [6.45, 7) is 5.13. The number of halogens is 1. The summed E-state index contributed by atoms with van der Waals surface area (Å²) in [4.78, 5) is 6.68. The van der Waals surface area contributed by atoms with Gasteiger partial charge in [0, 0.05) is 43.9 Å². The fourth-order valence-corrected chi connectivity index (χ4v) is 2.81. The van der Waals surface area contributed by atoms with Crippen LogP contribution in [-0.2, 0) is 20.0 Å². The van der Waals surface area contributed by atoms with Gasteiger partial charge >= 0.3 is 0 Å². The molecule has 0 atom stereocenters. The summed E-state index contributed by atoms with van der Waals surface area (Å²) in [5.74, 6) is 1.52. The second-order valence-corrected chi connectivity index (χ2v) is 6.37. The summed E-state index contributed by atoms with van der Waals surface area (Å²) in [5, 5.41) is 1.72. The van der Waals surface area contributed by atoms with E-state index in [-0.39, 0.29) is 0 Å². The first-order chi connectivity index (χ1) is 8.95. The number of rotatable bonds is 5. The third-order valence-electron chi connectivity index (χ3n) is 2.85. The molecule has 0 spiro atoms. The largest absolute Gasteiger partial charge is 0.351 e. The monoisotopic (exact) mass is 298 g/mol. The number of aryl methyl sites for hydroxylation is 1. The number of anilines is 1. The standard InChI is InChI=1S/C13H19ClN4S/c1-9(2)5-12-15-13(19-16-12)18(4)8-11-6-10(14)7-17(11)3/h6-7,9H,5,8H2,1-4H3. The highest BCUT2D eigenvalue weighted by atomic mass is 35.5. The maximum absolute atomic E-state index is 5.99. The lowest BCUT2D eigenvalue weighted by molar-refractivity contribution is 0.626. The van der Waals surface area contributed by atoms with Crippen LogP contribution in [0.2, 0.25) is 5.02 Å². The molecule has 0 radical (unpaired) electrons.